The standard InChI is InChI=1S/C21H24N4O4/c26-18-7-6-17(19(27)23-18)25-20(28)15-5-4-12(8-16(15)21(25)29)11-24-13-2-1-3-14(24)10-22-9-13/h4-5,8,13-14,17,22H,1-3,6-7,9-11H2,(H,23,26,27). The maximum absolute atomic E-state index is 13.0. The van der Waals surface area contributed by atoms with Crippen LogP contribution in [-0.4, -0.2) is 64.6 Å². The zero-order valence-electron chi connectivity index (χ0n) is 16.1. The second-order valence-electron chi connectivity index (χ2n) is 8.40. The van der Waals surface area contributed by atoms with Crippen LogP contribution in [-0.2, 0) is 16.1 Å². The van der Waals surface area contributed by atoms with Gasteiger partial charge < -0.3 is 5.32 Å². The van der Waals surface area contributed by atoms with Crippen LogP contribution in [0.2, 0.25) is 0 Å². The Morgan fingerprint density at radius 3 is 2.38 bits per heavy atom. The summed E-state index contributed by atoms with van der Waals surface area (Å²) >= 11 is 0. The number of piperazine rings is 1. The second kappa shape index (κ2) is 7.03. The monoisotopic (exact) mass is 396 g/mol. The third-order valence-electron chi connectivity index (χ3n) is 6.64. The molecule has 1 aromatic carbocycles. The lowest BCUT2D eigenvalue weighted by Gasteiger charge is -2.46. The van der Waals surface area contributed by atoms with Gasteiger partial charge in [-0.05, 0) is 37.0 Å². The first kappa shape index (κ1) is 18.4. The fraction of sp³-hybridized carbons (Fsp3) is 0.524. The van der Waals surface area contributed by atoms with Gasteiger partial charge in [0, 0.05) is 38.1 Å². The third kappa shape index (κ3) is 3.07. The molecule has 4 aliphatic heterocycles. The van der Waals surface area contributed by atoms with Crippen LogP contribution in [0, 0.1) is 0 Å². The molecule has 3 saturated heterocycles. The van der Waals surface area contributed by atoms with Gasteiger partial charge in [0.05, 0.1) is 11.1 Å². The van der Waals surface area contributed by atoms with E-state index < -0.39 is 23.8 Å². The highest BCUT2D eigenvalue weighted by Crippen LogP contribution is 2.31. The van der Waals surface area contributed by atoms with Gasteiger partial charge in [-0.25, -0.2) is 0 Å². The minimum atomic E-state index is -0.920. The van der Waals surface area contributed by atoms with E-state index in [0.29, 0.717) is 23.2 Å². The molecule has 4 heterocycles. The number of carbonyl (C=O) groups is 4. The van der Waals surface area contributed by atoms with Gasteiger partial charge in [-0.1, -0.05) is 12.5 Å². The summed E-state index contributed by atoms with van der Waals surface area (Å²) in [6.45, 7) is 2.73. The molecule has 152 valence electrons. The maximum Gasteiger partial charge on any atom is 0.262 e. The first-order valence-corrected chi connectivity index (χ1v) is 10.3. The Morgan fingerprint density at radius 2 is 1.66 bits per heavy atom. The molecule has 8 heteroatoms. The lowest BCUT2D eigenvalue weighted by Crippen LogP contribution is -2.58. The molecule has 8 nitrogen and oxygen atoms in total. The molecule has 3 unspecified atom stereocenters. The number of imide groups is 2. The zero-order chi connectivity index (χ0) is 20.1. The van der Waals surface area contributed by atoms with Gasteiger partial charge in [0.1, 0.15) is 6.04 Å². The number of piperidine rings is 2. The van der Waals surface area contributed by atoms with E-state index in [-0.39, 0.29) is 18.7 Å². The number of fused-ring (bicyclic) bond motifs is 3. The van der Waals surface area contributed by atoms with E-state index >= 15 is 0 Å². The van der Waals surface area contributed by atoms with Crippen LogP contribution in [0.15, 0.2) is 18.2 Å². The Kier molecular flexibility index (Phi) is 4.48. The quantitative estimate of drug-likeness (QED) is 0.719. The van der Waals surface area contributed by atoms with E-state index in [9.17, 15) is 19.2 Å². The average molecular weight is 396 g/mol. The van der Waals surface area contributed by atoms with Crippen molar-refractivity contribution in [2.24, 2.45) is 0 Å². The van der Waals surface area contributed by atoms with Crippen molar-refractivity contribution in [3.8, 4) is 0 Å². The molecular formula is C21H24N4O4. The van der Waals surface area contributed by atoms with Crippen molar-refractivity contribution in [3.05, 3.63) is 34.9 Å². The summed E-state index contributed by atoms with van der Waals surface area (Å²) in [6.07, 6.45) is 3.91. The zero-order valence-corrected chi connectivity index (χ0v) is 16.1. The largest absolute Gasteiger partial charge is 0.314 e. The normalized spacial score (nSPS) is 29.8. The van der Waals surface area contributed by atoms with E-state index in [2.05, 4.69) is 15.5 Å². The highest BCUT2D eigenvalue weighted by atomic mass is 16.2. The summed E-state index contributed by atoms with van der Waals surface area (Å²) in [4.78, 5) is 52.9. The number of rotatable bonds is 3. The van der Waals surface area contributed by atoms with Gasteiger partial charge in [0.15, 0.2) is 0 Å². The van der Waals surface area contributed by atoms with Crippen LogP contribution in [0.5, 0.6) is 0 Å². The summed E-state index contributed by atoms with van der Waals surface area (Å²) in [5.41, 5.74) is 1.70. The van der Waals surface area contributed by atoms with Crippen molar-refractivity contribution in [1.29, 1.82) is 0 Å². The molecule has 0 spiro atoms. The van der Waals surface area contributed by atoms with Crippen LogP contribution >= 0.6 is 0 Å². The predicted octanol–water partition coefficient (Wildman–Crippen LogP) is 0.414. The molecule has 4 aliphatic rings. The van der Waals surface area contributed by atoms with Crippen molar-refractivity contribution in [1.82, 2.24) is 20.4 Å². The van der Waals surface area contributed by atoms with Crippen molar-refractivity contribution >= 4 is 23.6 Å². The van der Waals surface area contributed by atoms with Gasteiger partial charge in [-0.15, -0.1) is 0 Å². The molecule has 0 radical (unpaired) electrons. The topological polar surface area (TPSA) is 98.8 Å². The molecule has 0 aromatic heterocycles. The van der Waals surface area contributed by atoms with Gasteiger partial charge in [0.2, 0.25) is 11.8 Å². The van der Waals surface area contributed by atoms with Crippen molar-refractivity contribution in [2.75, 3.05) is 13.1 Å². The smallest absolute Gasteiger partial charge is 0.262 e. The van der Waals surface area contributed by atoms with E-state index in [0.717, 1.165) is 30.1 Å². The SMILES string of the molecule is O=C1CCC(N2C(=O)c3ccc(CN4C5CCCC4CNC5)cc3C2=O)C(=O)N1. The Bertz CT molecular complexity index is 892. The molecule has 3 atom stereocenters. The van der Waals surface area contributed by atoms with Gasteiger partial charge >= 0.3 is 0 Å². The van der Waals surface area contributed by atoms with Crippen molar-refractivity contribution in [3.63, 3.8) is 0 Å². The Morgan fingerprint density at radius 1 is 0.931 bits per heavy atom. The minimum absolute atomic E-state index is 0.126. The molecule has 1 aromatic rings. The summed E-state index contributed by atoms with van der Waals surface area (Å²) < 4.78 is 0. The average Bonchev–Trinajstić information content (AvgIpc) is 2.92. The first-order chi connectivity index (χ1) is 14.0. The molecular weight excluding hydrogens is 372 g/mol. The highest BCUT2D eigenvalue weighted by Gasteiger charge is 2.44. The first-order valence-electron chi connectivity index (χ1n) is 10.3. The molecule has 29 heavy (non-hydrogen) atoms. The van der Waals surface area contributed by atoms with Crippen molar-refractivity contribution < 1.29 is 19.2 Å². The van der Waals surface area contributed by atoms with Crippen LogP contribution in [0.4, 0.5) is 0 Å². The molecule has 0 saturated carbocycles. The highest BCUT2D eigenvalue weighted by molar-refractivity contribution is 6.23. The summed E-state index contributed by atoms with van der Waals surface area (Å²) in [7, 11) is 0. The Hall–Kier alpha value is -2.58. The molecule has 2 N–H and O–H groups in total. The number of hydrogen-bond acceptors (Lipinski definition) is 6. The molecule has 5 rings (SSSR count). The molecule has 3 fully saturated rings. The second-order valence-corrected chi connectivity index (χ2v) is 8.40. The molecule has 4 amide bonds. The number of benzene rings is 1. The molecule has 0 aliphatic carbocycles. The Labute approximate surface area is 168 Å². The fourth-order valence-corrected chi connectivity index (χ4v) is 5.16. The number of nitrogens with one attached hydrogen (secondary N) is 2. The lowest BCUT2D eigenvalue weighted by molar-refractivity contribution is -0.136. The van der Waals surface area contributed by atoms with E-state index in [1.54, 1.807) is 12.1 Å². The Balaban J connectivity index is 1.38. The number of amides is 4. The van der Waals surface area contributed by atoms with E-state index in [1.807, 2.05) is 6.07 Å². The predicted molar refractivity (Wildman–Crippen MR) is 103 cm³/mol. The van der Waals surface area contributed by atoms with Gasteiger partial charge in [0.25, 0.3) is 11.8 Å². The van der Waals surface area contributed by atoms with Gasteiger partial charge in [-0.3, -0.25) is 34.3 Å². The van der Waals surface area contributed by atoms with E-state index in [1.165, 1.54) is 19.3 Å². The van der Waals surface area contributed by atoms with Crippen LogP contribution in [0.1, 0.15) is 58.4 Å². The lowest BCUT2D eigenvalue weighted by atomic mass is 9.91. The number of carbonyl (C=O) groups excluding carboxylic acids is 4. The number of nitrogens with zero attached hydrogens (tertiary/aromatic N) is 2. The van der Waals surface area contributed by atoms with Crippen LogP contribution < -0.4 is 10.6 Å². The fourth-order valence-electron chi connectivity index (χ4n) is 5.16. The summed E-state index contributed by atoms with van der Waals surface area (Å²) in [5.74, 6) is -1.84. The van der Waals surface area contributed by atoms with Crippen LogP contribution in [0.25, 0.3) is 0 Å². The maximum atomic E-state index is 13.0. The summed E-state index contributed by atoms with van der Waals surface area (Å²) in [6, 6.07) is 5.51. The summed E-state index contributed by atoms with van der Waals surface area (Å²) in [5, 5.41) is 5.72. The van der Waals surface area contributed by atoms with Gasteiger partial charge in [-0.2, -0.15) is 0 Å². The number of hydrogen-bond donors (Lipinski definition) is 2. The van der Waals surface area contributed by atoms with Crippen LogP contribution in [0.3, 0.4) is 0 Å². The third-order valence-corrected chi connectivity index (χ3v) is 6.64. The van der Waals surface area contributed by atoms with Crippen molar-refractivity contribution in [2.45, 2.75) is 56.8 Å². The minimum Gasteiger partial charge on any atom is -0.314 e. The van der Waals surface area contributed by atoms with E-state index in [4.69, 9.17) is 0 Å². The molecule has 2 bridgehead atoms.